The number of ether oxygens (including phenoxy) is 2. The lowest BCUT2D eigenvalue weighted by atomic mass is 10.0. The van der Waals surface area contributed by atoms with E-state index < -0.39 is 5.97 Å². The second kappa shape index (κ2) is 6.45. The summed E-state index contributed by atoms with van der Waals surface area (Å²) in [6, 6.07) is 4.91. The molecule has 0 fully saturated rings. The SMILES string of the molecule is [C-]#[N+]c1ccc(/C(=C/N(C)C)C(=O)OC)c(OC)c1. The van der Waals surface area contributed by atoms with Crippen LogP contribution in [0, 0.1) is 6.57 Å². The molecular weight excluding hydrogens is 244 g/mol. The van der Waals surface area contributed by atoms with Crippen molar-refractivity contribution < 1.29 is 14.3 Å². The number of rotatable bonds is 4. The molecule has 0 unspecified atom stereocenters. The molecule has 0 aliphatic heterocycles. The summed E-state index contributed by atoms with van der Waals surface area (Å²) in [7, 11) is 6.44. The van der Waals surface area contributed by atoms with Gasteiger partial charge in [0.25, 0.3) is 0 Å². The number of hydrogen-bond acceptors (Lipinski definition) is 4. The molecule has 0 atom stereocenters. The fraction of sp³-hybridized carbons (Fsp3) is 0.286. The first-order chi connectivity index (χ1) is 9.03. The van der Waals surface area contributed by atoms with Crippen molar-refractivity contribution in [2.45, 2.75) is 0 Å². The first-order valence-corrected chi connectivity index (χ1v) is 5.56. The van der Waals surface area contributed by atoms with Crippen molar-refractivity contribution in [3.8, 4) is 5.75 Å². The van der Waals surface area contributed by atoms with Gasteiger partial charge in [0.05, 0.1) is 26.4 Å². The largest absolute Gasteiger partial charge is 0.497 e. The molecule has 0 saturated carbocycles. The van der Waals surface area contributed by atoms with E-state index in [4.69, 9.17) is 16.0 Å². The van der Waals surface area contributed by atoms with Crippen molar-refractivity contribution in [2.24, 2.45) is 0 Å². The molecule has 0 radical (unpaired) electrons. The first kappa shape index (κ1) is 14.6. The Morgan fingerprint density at radius 1 is 1.37 bits per heavy atom. The van der Waals surface area contributed by atoms with E-state index in [-0.39, 0.29) is 0 Å². The molecule has 19 heavy (non-hydrogen) atoms. The zero-order chi connectivity index (χ0) is 14.4. The van der Waals surface area contributed by atoms with Crippen LogP contribution in [0.1, 0.15) is 5.56 Å². The van der Waals surface area contributed by atoms with Gasteiger partial charge in [-0.2, -0.15) is 0 Å². The van der Waals surface area contributed by atoms with Crippen LogP contribution in [0.15, 0.2) is 24.4 Å². The summed E-state index contributed by atoms with van der Waals surface area (Å²) in [6.07, 6.45) is 1.65. The summed E-state index contributed by atoms with van der Waals surface area (Å²) in [4.78, 5) is 16.9. The van der Waals surface area contributed by atoms with E-state index in [9.17, 15) is 4.79 Å². The van der Waals surface area contributed by atoms with Gasteiger partial charge in [0.2, 0.25) is 0 Å². The van der Waals surface area contributed by atoms with E-state index >= 15 is 0 Å². The average molecular weight is 260 g/mol. The number of hydrogen-bond donors (Lipinski definition) is 0. The summed E-state index contributed by atoms with van der Waals surface area (Å²) in [5.74, 6) is 0.00885. The van der Waals surface area contributed by atoms with Gasteiger partial charge >= 0.3 is 5.97 Å². The predicted molar refractivity (Wildman–Crippen MR) is 72.9 cm³/mol. The number of esters is 1. The Bertz CT molecular complexity index is 542. The highest BCUT2D eigenvalue weighted by Gasteiger charge is 2.17. The van der Waals surface area contributed by atoms with Gasteiger partial charge in [-0.15, -0.1) is 0 Å². The lowest BCUT2D eigenvalue weighted by Crippen LogP contribution is -2.10. The minimum absolute atomic E-state index is 0.376. The minimum Gasteiger partial charge on any atom is -0.497 e. The van der Waals surface area contributed by atoms with Crippen LogP contribution in [-0.2, 0) is 9.53 Å². The lowest BCUT2D eigenvalue weighted by Gasteiger charge is -2.14. The van der Waals surface area contributed by atoms with Gasteiger partial charge in [-0.3, -0.25) is 0 Å². The number of nitrogens with zero attached hydrogens (tertiary/aromatic N) is 2. The Balaban J connectivity index is 3.39. The molecule has 0 bridgehead atoms. The molecule has 0 amide bonds. The van der Waals surface area contributed by atoms with E-state index in [1.54, 1.807) is 29.3 Å². The molecule has 5 nitrogen and oxygen atoms in total. The van der Waals surface area contributed by atoms with Crippen LogP contribution < -0.4 is 4.74 Å². The van der Waals surface area contributed by atoms with Gasteiger partial charge < -0.3 is 14.4 Å². The Morgan fingerprint density at radius 3 is 2.53 bits per heavy atom. The zero-order valence-corrected chi connectivity index (χ0v) is 11.4. The number of carbonyl (C=O) groups excluding carboxylic acids is 1. The molecule has 1 aromatic carbocycles. The van der Waals surface area contributed by atoms with Crippen LogP contribution in [0.2, 0.25) is 0 Å². The monoisotopic (exact) mass is 260 g/mol. The van der Waals surface area contributed by atoms with Crippen LogP contribution >= 0.6 is 0 Å². The Kier molecular flexibility index (Phi) is 4.95. The maximum atomic E-state index is 11.8. The van der Waals surface area contributed by atoms with Crippen LogP contribution in [0.4, 0.5) is 5.69 Å². The summed E-state index contributed by atoms with van der Waals surface area (Å²) in [5, 5.41) is 0. The van der Waals surface area contributed by atoms with Crippen molar-refractivity contribution in [1.82, 2.24) is 4.90 Å². The van der Waals surface area contributed by atoms with Gasteiger partial charge in [0.15, 0.2) is 5.69 Å². The van der Waals surface area contributed by atoms with Crippen molar-refractivity contribution in [1.29, 1.82) is 0 Å². The third-order valence-corrected chi connectivity index (χ3v) is 2.40. The Morgan fingerprint density at radius 2 is 2.05 bits per heavy atom. The van der Waals surface area contributed by atoms with Crippen molar-refractivity contribution >= 4 is 17.2 Å². The lowest BCUT2D eigenvalue weighted by molar-refractivity contribution is -0.133. The standard InChI is InChI=1S/C14H16N2O3/c1-15-10-6-7-11(13(8-10)18-4)12(9-16(2)3)14(17)19-5/h6-9H,2-5H3/b12-9-. The smallest absolute Gasteiger partial charge is 0.340 e. The van der Waals surface area contributed by atoms with E-state index in [2.05, 4.69) is 4.85 Å². The van der Waals surface area contributed by atoms with Crippen LogP contribution in [0.25, 0.3) is 10.4 Å². The number of methoxy groups -OCH3 is 2. The van der Waals surface area contributed by atoms with Gasteiger partial charge in [0, 0.05) is 25.9 Å². The molecule has 0 aromatic heterocycles. The molecule has 5 heteroatoms. The van der Waals surface area contributed by atoms with Crippen molar-refractivity contribution in [3.05, 3.63) is 41.4 Å². The number of carbonyl (C=O) groups is 1. The normalized spacial score (nSPS) is 10.6. The van der Waals surface area contributed by atoms with Gasteiger partial charge in [-0.25, -0.2) is 9.64 Å². The second-order valence-corrected chi connectivity index (χ2v) is 3.99. The minimum atomic E-state index is -0.456. The van der Waals surface area contributed by atoms with Crippen LogP contribution in [0.5, 0.6) is 5.75 Å². The summed E-state index contributed by atoms with van der Waals surface area (Å²) in [5.41, 5.74) is 1.42. The van der Waals surface area contributed by atoms with E-state index in [1.807, 2.05) is 14.1 Å². The third-order valence-electron chi connectivity index (χ3n) is 2.40. The summed E-state index contributed by atoms with van der Waals surface area (Å²) >= 11 is 0. The van der Waals surface area contributed by atoms with Gasteiger partial charge in [-0.05, 0) is 6.07 Å². The highest BCUT2D eigenvalue weighted by Crippen LogP contribution is 2.31. The molecule has 0 N–H and O–H groups in total. The van der Waals surface area contributed by atoms with Crippen molar-refractivity contribution in [2.75, 3.05) is 28.3 Å². The maximum Gasteiger partial charge on any atom is 0.340 e. The van der Waals surface area contributed by atoms with Crippen LogP contribution in [-0.4, -0.2) is 39.2 Å². The molecule has 0 heterocycles. The molecule has 0 saturated heterocycles. The molecule has 1 aromatic rings. The molecule has 0 spiro atoms. The zero-order valence-electron chi connectivity index (χ0n) is 11.4. The van der Waals surface area contributed by atoms with E-state index in [0.717, 1.165) is 0 Å². The number of benzene rings is 1. The quantitative estimate of drug-likeness (QED) is 0.473. The predicted octanol–water partition coefficient (Wildman–Crippen LogP) is 2.32. The summed E-state index contributed by atoms with van der Waals surface area (Å²) in [6.45, 7) is 6.98. The van der Waals surface area contributed by atoms with E-state index in [0.29, 0.717) is 22.6 Å². The highest BCUT2D eigenvalue weighted by molar-refractivity contribution is 6.17. The second-order valence-electron chi connectivity index (χ2n) is 3.99. The van der Waals surface area contributed by atoms with Crippen molar-refractivity contribution in [3.63, 3.8) is 0 Å². The fourth-order valence-corrected chi connectivity index (χ4v) is 1.57. The molecule has 100 valence electrons. The highest BCUT2D eigenvalue weighted by atomic mass is 16.5. The van der Waals surface area contributed by atoms with Crippen LogP contribution in [0.3, 0.4) is 0 Å². The molecular formula is C14H16N2O3. The average Bonchev–Trinajstić information content (AvgIpc) is 2.43. The topological polar surface area (TPSA) is 43.1 Å². The Hall–Kier alpha value is -2.48. The molecule has 0 aliphatic rings. The third kappa shape index (κ3) is 3.49. The summed E-state index contributed by atoms with van der Waals surface area (Å²) < 4.78 is 10.0. The molecule has 1 rings (SSSR count). The van der Waals surface area contributed by atoms with Gasteiger partial charge in [-0.1, -0.05) is 12.1 Å². The Labute approximate surface area is 112 Å². The molecule has 0 aliphatic carbocycles. The maximum absolute atomic E-state index is 11.8. The van der Waals surface area contributed by atoms with E-state index in [1.165, 1.54) is 14.2 Å². The van der Waals surface area contributed by atoms with Gasteiger partial charge in [0.1, 0.15) is 5.75 Å². The fourth-order valence-electron chi connectivity index (χ4n) is 1.57. The first-order valence-electron chi connectivity index (χ1n) is 5.56.